The van der Waals surface area contributed by atoms with Gasteiger partial charge >= 0.3 is 0 Å². The number of aryl methyl sites for hydroxylation is 1. The number of hydrogen-bond donors (Lipinski definition) is 1. The minimum absolute atomic E-state index is 0.00645. The average Bonchev–Trinajstić information content (AvgIpc) is 3.08. The molecule has 1 N–H and O–H groups in total. The smallest absolute Gasteiger partial charge is 0.224 e. The van der Waals surface area contributed by atoms with Gasteiger partial charge in [0.1, 0.15) is 0 Å². The van der Waals surface area contributed by atoms with E-state index < -0.39 is 0 Å². The third-order valence-electron chi connectivity index (χ3n) is 5.94. The predicted octanol–water partition coefficient (Wildman–Crippen LogP) is 3.83. The summed E-state index contributed by atoms with van der Waals surface area (Å²) < 4.78 is 7.31. The summed E-state index contributed by atoms with van der Waals surface area (Å²) in [4.78, 5) is 15.2. The standard InChI is InChI=1S/C25H29ClN4O2/c1-18-24(19(2)30(28-18)23-9-7-22(26)8-10-23)15-25(31)27-16-20-5-3-4-6-21(20)17-29-11-13-32-14-12-29/h3-10H,11-17H2,1-2H3,(H,27,31). The van der Waals surface area contributed by atoms with Crippen molar-refractivity contribution in [2.45, 2.75) is 33.4 Å². The van der Waals surface area contributed by atoms with E-state index in [0.717, 1.165) is 61.1 Å². The largest absolute Gasteiger partial charge is 0.379 e. The van der Waals surface area contributed by atoms with Crippen molar-refractivity contribution in [3.63, 3.8) is 0 Å². The Hall–Kier alpha value is -2.67. The molecule has 1 saturated heterocycles. The summed E-state index contributed by atoms with van der Waals surface area (Å²) in [5.74, 6) is -0.00645. The number of carbonyl (C=O) groups is 1. The van der Waals surface area contributed by atoms with Crippen molar-refractivity contribution < 1.29 is 9.53 Å². The Labute approximate surface area is 194 Å². The minimum atomic E-state index is -0.00645. The van der Waals surface area contributed by atoms with Crippen LogP contribution in [0.25, 0.3) is 5.69 Å². The molecule has 0 bridgehead atoms. The van der Waals surface area contributed by atoms with Crippen molar-refractivity contribution >= 4 is 17.5 Å². The van der Waals surface area contributed by atoms with E-state index in [1.165, 1.54) is 5.56 Å². The first-order valence-electron chi connectivity index (χ1n) is 11.0. The van der Waals surface area contributed by atoms with E-state index in [9.17, 15) is 4.79 Å². The molecule has 0 unspecified atom stereocenters. The van der Waals surface area contributed by atoms with Crippen LogP contribution in [0.15, 0.2) is 48.5 Å². The number of hydrogen-bond acceptors (Lipinski definition) is 4. The zero-order chi connectivity index (χ0) is 22.5. The van der Waals surface area contributed by atoms with E-state index in [4.69, 9.17) is 16.3 Å². The van der Waals surface area contributed by atoms with Gasteiger partial charge < -0.3 is 10.1 Å². The van der Waals surface area contributed by atoms with Gasteiger partial charge in [-0.15, -0.1) is 0 Å². The van der Waals surface area contributed by atoms with E-state index in [-0.39, 0.29) is 5.91 Å². The number of ether oxygens (including phenoxy) is 1. The van der Waals surface area contributed by atoms with Crippen LogP contribution in [0, 0.1) is 13.8 Å². The van der Waals surface area contributed by atoms with Crippen LogP contribution in [-0.4, -0.2) is 46.9 Å². The van der Waals surface area contributed by atoms with Gasteiger partial charge in [0.25, 0.3) is 0 Å². The van der Waals surface area contributed by atoms with Crippen LogP contribution in [0.5, 0.6) is 0 Å². The molecule has 1 aliphatic rings. The van der Waals surface area contributed by atoms with E-state index in [2.05, 4.69) is 33.5 Å². The number of morpholine rings is 1. The van der Waals surface area contributed by atoms with E-state index >= 15 is 0 Å². The summed E-state index contributed by atoms with van der Waals surface area (Å²) in [6.07, 6.45) is 0.302. The van der Waals surface area contributed by atoms with Crippen molar-refractivity contribution in [2.75, 3.05) is 26.3 Å². The van der Waals surface area contributed by atoms with Gasteiger partial charge in [0.05, 0.1) is 31.0 Å². The van der Waals surface area contributed by atoms with Gasteiger partial charge in [-0.2, -0.15) is 5.10 Å². The molecule has 1 fully saturated rings. The van der Waals surface area contributed by atoms with Gasteiger partial charge in [-0.1, -0.05) is 35.9 Å². The molecule has 1 aromatic heterocycles. The van der Waals surface area contributed by atoms with Gasteiger partial charge in [0.2, 0.25) is 5.91 Å². The first kappa shape index (κ1) is 22.5. The Kier molecular flexibility index (Phi) is 7.25. The summed E-state index contributed by atoms with van der Waals surface area (Å²) in [6.45, 7) is 8.77. The van der Waals surface area contributed by atoms with Crippen molar-refractivity contribution in [3.8, 4) is 5.69 Å². The normalized spacial score (nSPS) is 14.5. The fourth-order valence-corrected chi connectivity index (χ4v) is 4.19. The SMILES string of the molecule is Cc1nn(-c2ccc(Cl)cc2)c(C)c1CC(=O)NCc1ccccc1CN1CCOCC1. The van der Waals surface area contributed by atoms with Crippen LogP contribution in [0.4, 0.5) is 0 Å². The van der Waals surface area contributed by atoms with Crippen LogP contribution >= 0.6 is 11.6 Å². The van der Waals surface area contributed by atoms with Crippen LogP contribution in [0.3, 0.4) is 0 Å². The number of nitrogens with zero attached hydrogens (tertiary/aromatic N) is 3. The molecule has 0 atom stereocenters. The van der Waals surface area contributed by atoms with E-state index in [1.54, 1.807) is 0 Å². The zero-order valence-corrected chi connectivity index (χ0v) is 19.4. The van der Waals surface area contributed by atoms with Crippen molar-refractivity contribution in [3.05, 3.63) is 81.6 Å². The minimum Gasteiger partial charge on any atom is -0.379 e. The lowest BCUT2D eigenvalue weighted by Gasteiger charge is -2.27. The number of nitrogens with one attached hydrogen (secondary N) is 1. The molecule has 0 radical (unpaired) electrons. The second kappa shape index (κ2) is 10.3. The molecule has 168 valence electrons. The Morgan fingerprint density at radius 3 is 2.47 bits per heavy atom. The molecule has 2 aromatic carbocycles. The summed E-state index contributed by atoms with van der Waals surface area (Å²) in [5, 5.41) is 8.42. The summed E-state index contributed by atoms with van der Waals surface area (Å²) in [7, 11) is 0. The summed E-state index contributed by atoms with van der Waals surface area (Å²) in [6, 6.07) is 15.8. The highest BCUT2D eigenvalue weighted by Crippen LogP contribution is 2.20. The first-order valence-corrected chi connectivity index (χ1v) is 11.3. The van der Waals surface area contributed by atoms with Gasteiger partial charge in [-0.25, -0.2) is 4.68 Å². The first-order chi connectivity index (χ1) is 15.5. The molecule has 0 aliphatic carbocycles. The molecule has 0 saturated carbocycles. The average molecular weight is 453 g/mol. The Balaban J connectivity index is 1.40. The van der Waals surface area contributed by atoms with Crippen molar-refractivity contribution in [1.82, 2.24) is 20.0 Å². The summed E-state index contributed by atoms with van der Waals surface area (Å²) >= 11 is 6.00. The maximum absolute atomic E-state index is 12.8. The zero-order valence-electron chi connectivity index (χ0n) is 18.6. The van der Waals surface area contributed by atoms with Crippen LogP contribution in [0.2, 0.25) is 5.02 Å². The van der Waals surface area contributed by atoms with Crippen LogP contribution in [-0.2, 0) is 29.0 Å². The fraction of sp³-hybridized carbons (Fsp3) is 0.360. The molecular formula is C25H29ClN4O2. The number of rotatable bonds is 7. The van der Waals surface area contributed by atoms with Gasteiger partial charge in [0, 0.05) is 42.5 Å². The molecule has 7 heteroatoms. The number of benzene rings is 2. The maximum atomic E-state index is 12.8. The number of amides is 1. The molecule has 4 rings (SSSR count). The highest BCUT2D eigenvalue weighted by atomic mass is 35.5. The number of halogens is 1. The second-order valence-corrected chi connectivity index (χ2v) is 8.58. The van der Waals surface area contributed by atoms with Gasteiger partial charge in [-0.05, 0) is 49.2 Å². The lowest BCUT2D eigenvalue weighted by atomic mass is 10.1. The van der Waals surface area contributed by atoms with E-state index in [1.807, 2.05) is 48.9 Å². The number of aromatic nitrogens is 2. The Bertz CT molecular complexity index is 1070. The Morgan fingerprint density at radius 1 is 1.06 bits per heavy atom. The molecular weight excluding hydrogens is 424 g/mol. The van der Waals surface area contributed by atoms with Gasteiger partial charge in [0.15, 0.2) is 0 Å². The molecule has 2 heterocycles. The molecule has 1 amide bonds. The monoisotopic (exact) mass is 452 g/mol. The lowest BCUT2D eigenvalue weighted by molar-refractivity contribution is -0.120. The molecule has 32 heavy (non-hydrogen) atoms. The molecule has 3 aromatic rings. The highest BCUT2D eigenvalue weighted by molar-refractivity contribution is 6.30. The fourth-order valence-electron chi connectivity index (χ4n) is 4.07. The molecule has 0 spiro atoms. The summed E-state index contributed by atoms with van der Waals surface area (Å²) in [5.41, 5.74) is 6.11. The van der Waals surface area contributed by atoms with Gasteiger partial charge in [-0.3, -0.25) is 9.69 Å². The maximum Gasteiger partial charge on any atom is 0.224 e. The molecule has 1 aliphatic heterocycles. The Morgan fingerprint density at radius 2 is 1.75 bits per heavy atom. The van der Waals surface area contributed by atoms with Crippen LogP contribution in [0.1, 0.15) is 28.1 Å². The highest BCUT2D eigenvalue weighted by Gasteiger charge is 2.17. The van der Waals surface area contributed by atoms with E-state index in [0.29, 0.717) is 18.0 Å². The molecule has 6 nitrogen and oxygen atoms in total. The second-order valence-electron chi connectivity index (χ2n) is 8.15. The number of carbonyl (C=O) groups excluding carboxylic acids is 1. The topological polar surface area (TPSA) is 59.4 Å². The third kappa shape index (κ3) is 5.38. The lowest BCUT2D eigenvalue weighted by Crippen LogP contribution is -2.36. The quantitative estimate of drug-likeness (QED) is 0.591. The third-order valence-corrected chi connectivity index (χ3v) is 6.19. The predicted molar refractivity (Wildman–Crippen MR) is 126 cm³/mol. The van der Waals surface area contributed by atoms with Crippen molar-refractivity contribution in [2.24, 2.45) is 0 Å². The van der Waals surface area contributed by atoms with Crippen molar-refractivity contribution in [1.29, 1.82) is 0 Å². The van der Waals surface area contributed by atoms with Crippen LogP contribution < -0.4 is 5.32 Å².